The number of carboxylic acids is 2. The first-order chi connectivity index (χ1) is 15.2. The lowest BCUT2D eigenvalue weighted by Crippen LogP contribution is -2.51. The number of hydrogen-bond donors (Lipinski definition) is 5. The van der Waals surface area contributed by atoms with Crippen LogP contribution in [-0.2, 0) is 28.8 Å². The fourth-order valence-corrected chi connectivity index (χ4v) is 3.89. The Bertz CT molecular complexity index is 726. The van der Waals surface area contributed by atoms with E-state index in [1.165, 1.54) is 18.7 Å². The molecule has 0 aromatic rings. The number of carbonyl (C=O) groups excluding carboxylic acids is 4. The van der Waals surface area contributed by atoms with Crippen molar-refractivity contribution in [2.45, 2.75) is 82.9 Å². The molecule has 0 bridgehead atoms. The molecule has 11 nitrogen and oxygen atoms in total. The summed E-state index contributed by atoms with van der Waals surface area (Å²) in [6, 6.07) is -1.96. The molecule has 1 unspecified atom stereocenters. The highest BCUT2D eigenvalue weighted by Crippen LogP contribution is 2.20. The maximum absolute atomic E-state index is 12.5. The topological polar surface area (TPSA) is 179 Å². The van der Waals surface area contributed by atoms with Gasteiger partial charge in [-0.15, -0.1) is 11.8 Å². The van der Waals surface area contributed by atoms with Crippen LogP contribution in [0.25, 0.3) is 0 Å². The van der Waals surface area contributed by atoms with Crippen LogP contribution in [0.5, 0.6) is 0 Å². The summed E-state index contributed by atoms with van der Waals surface area (Å²) in [6.45, 7) is 8.45. The van der Waals surface area contributed by atoms with Gasteiger partial charge in [0.1, 0.15) is 6.04 Å². The highest BCUT2D eigenvalue weighted by atomic mass is 32.2. The Kier molecular flexibility index (Phi) is 14.0. The molecule has 0 rings (SSSR count). The second-order valence-electron chi connectivity index (χ2n) is 8.15. The Balaban J connectivity index is 4.90. The molecule has 0 aliphatic rings. The maximum atomic E-state index is 12.5. The van der Waals surface area contributed by atoms with E-state index in [2.05, 4.69) is 16.0 Å². The van der Waals surface area contributed by atoms with Crippen molar-refractivity contribution in [1.29, 1.82) is 0 Å². The van der Waals surface area contributed by atoms with E-state index in [1.54, 1.807) is 13.8 Å². The summed E-state index contributed by atoms with van der Waals surface area (Å²) in [4.78, 5) is 70.9. The second kappa shape index (κ2) is 15.3. The van der Waals surface area contributed by atoms with Crippen LogP contribution in [0.3, 0.4) is 0 Å². The first kappa shape index (κ1) is 30.4. The molecule has 0 aliphatic heterocycles. The molecule has 12 heteroatoms. The fourth-order valence-electron chi connectivity index (χ4n) is 2.79. The molecule has 3 atom stereocenters. The quantitative estimate of drug-likeness (QED) is 0.207. The van der Waals surface area contributed by atoms with E-state index in [-0.39, 0.29) is 49.2 Å². The third kappa shape index (κ3) is 13.5. The molecule has 0 radical (unpaired) electrons. The number of thioether (sulfide) groups is 1. The van der Waals surface area contributed by atoms with E-state index >= 15 is 0 Å². The van der Waals surface area contributed by atoms with E-state index in [1.807, 2.05) is 13.8 Å². The van der Waals surface area contributed by atoms with Crippen LogP contribution >= 0.6 is 11.8 Å². The minimum Gasteiger partial charge on any atom is -0.481 e. The van der Waals surface area contributed by atoms with Crippen LogP contribution in [0.1, 0.15) is 60.3 Å². The minimum atomic E-state index is -1.16. The van der Waals surface area contributed by atoms with E-state index < -0.39 is 47.0 Å². The molecule has 0 spiro atoms. The molecule has 0 heterocycles. The zero-order valence-electron chi connectivity index (χ0n) is 19.7. The van der Waals surface area contributed by atoms with Gasteiger partial charge in [0.05, 0.1) is 17.7 Å². The van der Waals surface area contributed by atoms with Crippen LogP contribution < -0.4 is 16.0 Å². The van der Waals surface area contributed by atoms with Gasteiger partial charge in [-0.1, -0.05) is 27.7 Å². The first-order valence-electron chi connectivity index (χ1n) is 10.7. The smallest absolute Gasteiger partial charge is 0.305 e. The van der Waals surface area contributed by atoms with Crippen LogP contribution in [-0.4, -0.2) is 74.8 Å². The minimum absolute atomic E-state index is 0.0295. The highest BCUT2D eigenvalue weighted by Gasteiger charge is 2.26. The molecule has 0 fully saturated rings. The zero-order chi connectivity index (χ0) is 25.7. The predicted molar refractivity (Wildman–Crippen MR) is 123 cm³/mol. The van der Waals surface area contributed by atoms with Gasteiger partial charge >= 0.3 is 11.9 Å². The number of Topliss-reactive ketones (excluding diaryl/α,β-unsaturated/α-hetero) is 1. The molecule has 188 valence electrons. The van der Waals surface area contributed by atoms with E-state index in [4.69, 9.17) is 10.2 Å². The van der Waals surface area contributed by atoms with Gasteiger partial charge in [-0.2, -0.15) is 0 Å². The van der Waals surface area contributed by atoms with Gasteiger partial charge in [-0.05, 0) is 18.6 Å². The van der Waals surface area contributed by atoms with Gasteiger partial charge in [0, 0.05) is 25.3 Å². The Morgan fingerprint density at radius 1 is 0.818 bits per heavy atom. The monoisotopic (exact) mass is 489 g/mol. The predicted octanol–water partition coefficient (Wildman–Crippen LogP) is 0.557. The standard InChI is InChI=1S/C21H35N3O8S/c1-11(2)19(30)13(5)23-20(31)14(6-7-17(26)27)24-16(25)8-9-22-21(32)15(10-18(28)29)33-12(3)4/h11-15H,6-10H2,1-5H3,(H,22,32)(H,23,31)(H,24,25)(H,26,27)(H,28,29)/t13-,14-,15?/m0/s1. The molecular formula is C21H35N3O8S. The maximum Gasteiger partial charge on any atom is 0.305 e. The number of carboxylic acid groups (broad SMARTS) is 2. The number of hydrogen-bond acceptors (Lipinski definition) is 7. The first-order valence-corrected chi connectivity index (χ1v) is 11.7. The molecule has 0 saturated heterocycles. The highest BCUT2D eigenvalue weighted by molar-refractivity contribution is 8.01. The number of amides is 3. The zero-order valence-corrected chi connectivity index (χ0v) is 20.5. The van der Waals surface area contributed by atoms with E-state index in [0.717, 1.165) is 0 Å². The lowest BCUT2D eigenvalue weighted by atomic mass is 10.0. The van der Waals surface area contributed by atoms with Crippen molar-refractivity contribution >= 4 is 47.2 Å². The van der Waals surface area contributed by atoms with Crippen molar-refractivity contribution in [3.8, 4) is 0 Å². The molecule has 3 amide bonds. The summed E-state index contributed by atoms with van der Waals surface area (Å²) < 4.78 is 0. The Morgan fingerprint density at radius 3 is 1.91 bits per heavy atom. The summed E-state index contributed by atoms with van der Waals surface area (Å²) in [6.07, 6.45) is -1.10. The molecule has 33 heavy (non-hydrogen) atoms. The van der Waals surface area contributed by atoms with Gasteiger partial charge in [0.15, 0.2) is 5.78 Å². The summed E-state index contributed by atoms with van der Waals surface area (Å²) in [5, 5.41) is 24.5. The number of nitrogens with one attached hydrogen (secondary N) is 3. The van der Waals surface area contributed by atoms with Gasteiger partial charge in [0.2, 0.25) is 17.7 Å². The van der Waals surface area contributed by atoms with E-state index in [9.17, 15) is 28.8 Å². The van der Waals surface area contributed by atoms with Gasteiger partial charge in [-0.3, -0.25) is 28.8 Å². The lowest BCUT2D eigenvalue weighted by Gasteiger charge is -2.21. The number of aliphatic carboxylic acids is 2. The Hall–Kier alpha value is -2.63. The number of ketones is 1. The van der Waals surface area contributed by atoms with Crippen LogP contribution in [0.4, 0.5) is 0 Å². The van der Waals surface area contributed by atoms with E-state index in [0.29, 0.717) is 0 Å². The average Bonchev–Trinajstić information content (AvgIpc) is 2.68. The van der Waals surface area contributed by atoms with Crippen LogP contribution in [0, 0.1) is 5.92 Å². The summed E-state index contributed by atoms with van der Waals surface area (Å²) in [5.74, 6) is -4.56. The molecule has 0 aliphatic carbocycles. The van der Waals surface area contributed by atoms with Crippen molar-refractivity contribution < 1.29 is 39.0 Å². The van der Waals surface area contributed by atoms with Gasteiger partial charge < -0.3 is 26.2 Å². The molecule has 5 N–H and O–H groups in total. The largest absolute Gasteiger partial charge is 0.481 e. The fraction of sp³-hybridized carbons (Fsp3) is 0.714. The summed E-state index contributed by atoms with van der Waals surface area (Å²) in [7, 11) is 0. The van der Waals surface area contributed by atoms with Crippen LogP contribution in [0.2, 0.25) is 0 Å². The lowest BCUT2D eigenvalue weighted by molar-refractivity contribution is -0.139. The van der Waals surface area contributed by atoms with Crippen molar-refractivity contribution in [3.05, 3.63) is 0 Å². The van der Waals surface area contributed by atoms with Crippen LogP contribution in [0.15, 0.2) is 0 Å². The molecular weight excluding hydrogens is 454 g/mol. The van der Waals surface area contributed by atoms with Gasteiger partial charge in [-0.25, -0.2) is 0 Å². The van der Waals surface area contributed by atoms with Crippen molar-refractivity contribution in [1.82, 2.24) is 16.0 Å². The normalized spacial score (nSPS) is 13.7. The number of carbonyl (C=O) groups is 6. The Labute approximate surface area is 197 Å². The van der Waals surface area contributed by atoms with Crippen molar-refractivity contribution in [3.63, 3.8) is 0 Å². The molecule has 0 aromatic carbocycles. The van der Waals surface area contributed by atoms with Crippen molar-refractivity contribution in [2.24, 2.45) is 5.92 Å². The SMILES string of the molecule is CC(C)SC(CC(=O)O)C(=O)NCCC(=O)N[C@@H](CCC(=O)O)C(=O)N[C@@H](C)C(=O)C(C)C. The average molecular weight is 490 g/mol. The molecule has 0 saturated carbocycles. The summed E-state index contributed by atoms with van der Waals surface area (Å²) >= 11 is 1.20. The van der Waals surface area contributed by atoms with Gasteiger partial charge in [0.25, 0.3) is 0 Å². The molecule has 0 aromatic heterocycles. The number of rotatable bonds is 16. The summed E-state index contributed by atoms with van der Waals surface area (Å²) in [5.41, 5.74) is 0. The third-order valence-corrected chi connectivity index (χ3v) is 5.65. The second-order valence-corrected chi connectivity index (χ2v) is 9.94. The Morgan fingerprint density at radius 2 is 1.42 bits per heavy atom. The van der Waals surface area contributed by atoms with Crippen molar-refractivity contribution in [2.75, 3.05) is 6.54 Å². The third-order valence-electron chi connectivity index (χ3n) is 4.39.